The number of allylic oxidation sites excluding steroid dienone is 3. The van der Waals surface area contributed by atoms with Gasteiger partial charge in [-0.25, -0.2) is 0 Å². The predicted octanol–water partition coefficient (Wildman–Crippen LogP) is 2.67. The van der Waals surface area contributed by atoms with Crippen LogP contribution in [-0.4, -0.2) is 11.7 Å². The van der Waals surface area contributed by atoms with Gasteiger partial charge in [-0.15, -0.1) is 0 Å². The van der Waals surface area contributed by atoms with E-state index in [1.54, 1.807) is 0 Å². The van der Waals surface area contributed by atoms with Gasteiger partial charge in [-0.3, -0.25) is 0 Å². The summed E-state index contributed by atoms with van der Waals surface area (Å²) in [7, 11) is 0. The van der Waals surface area contributed by atoms with Crippen LogP contribution in [-0.2, 0) is 0 Å². The minimum absolute atomic E-state index is 0.165. The number of aliphatic hydroxyl groups is 1. The standard InChI is InChI=1S/C10H18O/c1-3-4-5-6-7-8-10(2)9-11/h6-8,11H,3-5,9H2,1-2H3. The molecule has 0 aromatic rings. The van der Waals surface area contributed by atoms with E-state index < -0.39 is 0 Å². The van der Waals surface area contributed by atoms with Crippen molar-refractivity contribution < 1.29 is 5.11 Å². The Morgan fingerprint density at radius 1 is 1.45 bits per heavy atom. The maximum Gasteiger partial charge on any atom is 0.0642 e. The van der Waals surface area contributed by atoms with Gasteiger partial charge in [-0.1, -0.05) is 38.0 Å². The van der Waals surface area contributed by atoms with E-state index >= 15 is 0 Å². The molecule has 64 valence electrons. The maximum absolute atomic E-state index is 8.64. The second kappa shape index (κ2) is 7.55. The molecule has 0 bridgehead atoms. The van der Waals surface area contributed by atoms with E-state index in [-0.39, 0.29) is 6.61 Å². The summed E-state index contributed by atoms with van der Waals surface area (Å²) >= 11 is 0. The average molecular weight is 154 g/mol. The lowest BCUT2D eigenvalue weighted by Crippen LogP contribution is -1.80. The molecule has 0 atom stereocenters. The van der Waals surface area contributed by atoms with Crippen LogP contribution in [0.15, 0.2) is 23.8 Å². The third-order valence-corrected chi connectivity index (χ3v) is 1.49. The molecule has 0 aliphatic carbocycles. The Kier molecular flexibility index (Phi) is 7.16. The summed E-state index contributed by atoms with van der Waals surface area (Å²) in [5.41, 5.74) is 1.01. The minimum Gasteiger partial charge on any atom is -0.392 e. The van der Waals surface area contributed by atoms with Crippen molar-refractivity contribution in [3.63, 3.8) is 0 Å². The molecule has 1 N–H and O–H groups in total. The Morgan fingerprint density at radius 3 is 2.73 bits per heavy atom. The lowest BCUT2D eigenvalue weighted by molar-refractivity contribution is 0.331. The van der Waals surface area contributed by atoms with Gasteiger partial charge < -0.3 is 5.11 Å². The van der Waals surface area contributed by atoms with Crippen LogP contribution < -0.4 is 0 Å². The van der Waals surface area contributed by atoms with Gasteiger partial charge in [-0.2, -0.15) is 0 Å². The first-order chi connectivity index (χ1) is 5.31. The summed E-state index contributed by atoms with van der Waals surface area (Å²) < 4.78 is 0. The molecule has 0 radical (unpaired) electrons. The lowest BCUT2D eigenvalue weighted by atomic mass is 10.2. The third kappa shape index (κ3) is 7.34. The smallest absolute Gasteiger partial charge is 0.0642 e. The summed E-state index contributed by atoms with van der Waals surface area (Å²) in [6.45, 7) is 4.27. The van der Waals surface area contributed by atoms with Crippen LogP contribution >= 0.6 is 0 Å². The van der Waals surface area contributed by atoms with Crippen molar-refractivity contribution in [1.29, 1.82) is 0 Å². The second-order valence-corrected chi connectivity index (χ2v) is 2.74. The monoisotopic (exact) mass is 154 g/mol. The fourth-order valence-electron chi connectivity index (χ4n) is 0.703. The van der Waals surface area contributed by atoms with E-state index in [4.69, 9.17) is 5.11 Å². The van der Waals surface area contributed by atoms with E-state index in [1.165, 1.54) is 12.8 Å². The van der Waals surface area contributed by atoms with E-state index in [9.17, 15) is 0 Å². The summed E-state index contributed by atoms with van der Waals surface area (Å²) in [6, 6.07) is 0. The molecule has 0 unspecified atom stereocenters. The zero-order chi connectivity index (χ0) is 8.53. The van der Waals surface area contributed by atoms with Crippen LogP contribution in [0.1, 0.15) is 33.1 Å². The van der Waals surface area contributed by atoms with Crippen LogP contribution in [0.25, 0.3) is 0 Å². The molecule has 1 heteroatoms. The van der Waals surface area contributed by atoms with Crippen LogP contribution in [0.4, 0.5) is 0 Å². The van der Waals surface area contributed by atoms with Gasteiger partial charge in [0.05, 0.1) is 6.61 Å². The van der Waals surface area contributed by atoms with Crippen molar-refractivity contribution in [2.45, 2.75) is 33.1 Å². The van der Waals surface area contributed by atoms with Crippen molar-refractivity contribution in [3.8, 4) is 0 Å². The topological polar surface area (TPSA) is 20.2 Å². The van der Waals surface area contributed by atoms with E-state index in [2.05, 4.69) is 13.0 Å². The Morgan fingerprint density at radius 2 is 2.18 bits per heavy atom. The number of hydrogen-bond donors (Lipinski definition) is 1. The zero-order valence-electron chi connectivity index (χ0n) is 7.51. The molecular weight excluding hydrogens is 136 g/mol. The highest BCUT2D eigenvalue weighted by atomic mass is 16.3. The molecule has 0 saturated heterocycles. The van der Waals surface area contributed by atoms with Crippen molar-refractivity contribution >= 4 is 0 Å². The fourth-order valence-corrected chi connectivity index (χ4v) is 0.703. The van der Waals surface area contributed by atoms with Crippen molar-refractivity contribution in [3.05, 3.63) is 23.8 Å². The maximum atomic E-state index is 8.64. The molecule has 0 aliphatic rings. The van der Waals surface area contributed by atoms with Crippen LogP contribution in [0, 0.1) is 0 Å². The highest BCUT2D eigenvalue weighted by Gasteiger charge is 1.79. The predicted molar refractivity (Wildman–Crippen MR) is 49.5 cm³/mol. The highest BCUT2D eigenvalue weighted by molar-refractivity contribution is 5.10. The molecule has 0 saturated carbocycles. The SMILES string of the molecule is CCCCC=CC=C(C)CO. The van der Waals surface area contributed by atoms with E-state index in [0.717, 1.165) is 12.0 Å². The first-order valence-corrected chi connectivity index (χ1v) is 4.24. The van der Waals surface area contributed by atoms with Crippen LogP contribution in [0.5, 0.6) is 0 Å². The first-order valence-electron chi connectivity index (χ1n) is 4.24. The van der Waals surface area contributed by atoms with Gasteiger partial charge in [0.15, 0.2) is 0 Å². The van der Waals surface area contributed by atoms with Gasteiger partial charge in [0, 0.05) is 0 Å². The molecule has 0 fully saturated rings. The van der Waals surface area contributed by atoms with Crippen LogP contribution in [0.3, 0.4) is 0 Å². The number of hydrogen-bond acceptors (Lipinski definition) is 1. The summed E-state index contributed by atoms with van der Waals surface area (Å²) in [5, 5.41) is 8.64. The quantitative estimate of drug-likeness (QED) is 0.477. The molecule has 0 amide bonds. The molecule has 11 heavy (non-hydrogen) atoms. The molecule has 0 aromatic carbocycles. The fraction of sp³-hybridized carbons (Fsp3) is 0.600. The van der Waals surface area contributed by atoms with Gasteiger partial charge >= 0.3 is 0 Å². The van der Waals surface area contributed by atoms with Gasteiger partial charge in [0.2, 0.25) is 0 Å². The normalized spacial score (nSPS) is 12.8. The van der Waals surface area contributed by atoms with Crippen molar-refractivity contribution in [2.24, 2.45) is 0 Å². The molecule has 1 nitrogen and oxygen atoms in total. The molecule has 0 spiro atoms. The largest absolute Gasteiger partial charge is 0.392 e. The Balaban J connectivity index is 3.42. The summed E-state index contributed by atoms with van der Waals surface area (Å²) in [6.07, 6.45) is 9.75. The van der Waals surface area contributed by atoms with Crippen molar-refractivity contribution in [1.82, 2.24) is 0 Å². The number of unbranched alkanes of at least 4 members (excludes halogenated alkanes) is 2. The molecule has 0 aliphatic heterocycles. The number of aliphatic hydroxyl groups excluding tert-OH is 1. The van der Waals surface area contributed by atoms with Gasteiger partial charge in [0.25, 0.3) is 0 Å². The molecular formula is C10H18O. The lowest BCUT2D eigenvalue weighted by Gasteiger charge is -1.89. The summed E-state index contributed by atoms with van der Waals surface area (Å²) in [5.74, 6) is 0. The molecule has 0 heterocycles. The average Bonchev–Trinajstić information content (AvgIpc) is 2.04. The minimum atomic E-state index is 0.165. The van der Waals surface area contributed by atoms with Crippen molar-refractivity contribution in [2.75, 3.05) is 6.61 Å². The molecule has 0 rings (SSSR count). The third-order valence-electron chi connectivity index (χ3n) is 1.49. The number of rotatable bonds is 5. The van der Waals surface area contributed by atoms with E-state index in [1.807, 2.05) is 19.1 Å². The molecule has 0 aromatic heterocycles. The zero-order valence-corrected chi connectivity index (χ0v) is 7.51. The first kappa shape index (κ1) is 10.4. The van der Waals surface area contributed by atoms with E-state index in [0.29, 0.717) is 0 Å². The van der Waals surface area contributed by atoms with Crippen LogP contribution in [0.2, 0.25) is 0 Å². The van der Waals surface area contributed by atoms with Gasteiger partial charge in [-0.05, 0) is 18.9 Å². The Bertz CT molecular complexity index is 134. The Hall–Kier alpha value is -0.560. The Labute approximate surface area is 69.4 Å². The summed E-state index contributed by atoms with van der Waals surface area (Å²) in [4.78, 5) is 0. The second-order valence-electron chi connectivity index (χ2n) is 2.74. The highest BCUT2D eigenvalue weighted by Crippen LogP contribution is 1.96. The van der Waals surface area contributed by atoms with Gasteiger partial charge in [0.1, 0.15) is 0 Å².